The number of carboxylic acid groups (broad SMARTS) is 1. The molecular formula is C9H9BrN2O4. The van der Waals surface area contributed by atoms with Crippen LogP contribution in [0, 0.1) is 0 Å². The van der Waals surface area contributed by atoms with Gasteiger partial charge in [-0.1, -0.05) is 0 Å². The third-order valence-corrected chi connectivity index (χ3v) is 2.16. The lowest BCUT2D eigenvalue weighted by molar-refractivity contribution is -0.146. The number of aliphatic carboxylic acids is 1. The molecule has 0 aliphatic carbocycles. The Bertz CT molecular complexity index is 410. The molecule has 0 saturated heterocycles. The van der Waals surface area contributed by atoms with Crippen LogP contribution in [-0.2, 0) is 4.79 Å². The van der Waals surface area contributed by atoms with Crippen LogP contribution in [0.3, 0.4) is 0 Å². The molecule has 1 rings (SSSR count). The van der Waals surface area contributed by atoms with Crippen molar-refractivity contribution in [3.8, 4) is 0 Å². The normalized spacial score (nSPS) is 11.9. The second kappa shape index (κ2) is 5.57. The van der Waals surface area contributed by atoms with Gasteiger partial charge in [0.1, 0.15) is 4.60 Å². The van der Waals surface area contributed by atoms with Gasteiger partial charge in [0.25, 0.3) is 5.91 Å². The van der Waals surface area contributed by atoms with Gasteiger partial charge in [0.05, 0.1) is 6.54 Å². The van der Waals surface area contributed by atoms with Crippen LogP contribution in [0.5, 0.6) is 0 Å². The molecule has 1 heterocycles. The van der Waals surface area contributed by atoms with Crippen LogP contribution in [0.25, 0.3) is 0 Å². The lowest BCUT2D eigenvalue weighted by Crippen LogP contribution is -2.36. The molecule has 0 bridgehead atoms. The summed E-state index contributed by atoms with van der Waals surface area (Å²) < 4.78 is 0.499. The average Bonchev–Trinajstić information content (AvgIpc) is 2.25. The SMILES string of the molecule is O=C(NCC(O)C(=O)O)c1ccnc(Br)c1. The molecule has 0 aromatic carbocycles. The van der Waals surface area contributed by atoms with Crippen LogP contribution in [-0.4, -0.2) is 39.7 Å². The molecule has 0 saturated carbocycles. The number of carbonyl (C=O) groups is 2. The highest BCUT2D eigenvalue weighted by molar-refractivity contribution is 9.10. The Labute approximate surface area is 99.4 Å². The summed E-state index contributed by atoms with van der Waals surface area (Å²) in [6, 6.07) is 2.97. The van der Waals surface area contributed by atoms with Gasteiger partial charge >= 0.3 is 5.97 Å². The number of nitrogens with one attached hydrogen (secondary N) is 1. The summed E-state index contributed by atoms with van der Waals surface area (Å²) in [7, 11) is 0. The quantitative estimate of drug-likeness (QED) is 0.679. The molecule has 3 N–H and O–H groups in total. The number of nitrogens with zero attached hydrogens (tertiary/aromatic N) is 1. The van der Waals surface area contributed by atoms with E-state index in [1.165, 1.54) is 18.3 Å². The first kappa shape index (κ1) is 12.6. The Hall–Kier alpha value is -1.47. The highest BCUT2D eigenvalue weighted by atomic mass is 79.9. The van der Waals surface area contributed by atoms with E-state index in [1.54, 1.807) is 0 Å². The molecular weight excluding hydrogens is 280 g/mol. The first-order chi connectivity index (χ1) is 7.50. The van der Waals surface area contributed by atoms with Crippen LogP contribution in [0.2, 0.25) is 0 Å². The van der Waals surface area contributed by atoms with Crippen molar-refractivity contribution < 1.29 is 19.8 Å². The predicted molar refractivity (Wildman–Crippen MR) is 57.9 cm³/mol. The second-order valence-corrected chi connectivity index (χ2v) is 3.74. The number of aromatic nitrogens is 1. The van der Waals surface area contributed by atoms with Crippen LogP contribution in [0.1, 0.15) is 10.4 Å². The number of aliphatic hydroxyl groups is 1. The van der Waals surface area contributed by atoms with Crippen molar-refractivity contribution in [3.05, 3.63) is 28.5 Å². The number of pyridine rings is 1. The molecule has 7 heteroatoms. The molecule has 16 heavy (non-hydrogen) atoms. The number of rotatable bonds is 4. The lowest BCUT2D eigenvalue weighted by atomic mass is 10.2. The molecule has 1 aromatic heterocycles. The number of carbonyl (C=O) groups excluding carboxylic acids is 1. The second-order valence-electron chi connectivity index (χ2n) is 2.93. The fourth-order valence-electron chi connectivity index (χ4n) is 0.922. The Balaban J connectivity index is 2.56. The fourth-order valence-corrected chi connectivity index (χ4v) is 1.29. The molecule has 0 radical (unpaired) electrons. The van der Waals surface area contributed by atoms with Crippen molar-refractivity contribution in [2.45, 2.75) is 6.10 Å². The Morgan fingerprint density at radius 2 is 2.25 bits per heavy atom. The molecule has 1 unspecified atom stereocenters. The van der Waals surface area contributed by atoms with E-state index < -0.39 is 18.0 Å². The zero-order chi connectivity index (χ0) is 12.1. The lowest BCUT2D eigenvalue weighted by Gasteiger charge is -2.07. The first-order valence-electron chi connectivity index (χ1n) is 4.31. The summed E-state index contributed by atoms with van der Waals surface area (Å²) in [5.74, 6) is -1.85. The van der Waals surface area contributed by atoms with E-state index in [1.807, 2.05) is 0 Å². The smallest absolute Gasteiger partial charge is 0.334 e. The van der Waals surface area contributed by atoms with E-state index in [2.05, 4.69) is 26.2 Å². The third-order valence-electron chi connectivity index (χ3n) is 1.73. The number of carboxylic acids is 1. The minimum atomic E-state index is -1.60. The number of hydrogen-bond donors (Lipinski definition) is 3. The van der Waals surface area contributed by atoms with Gasteiger partial charge in [-0.2, -0.15) is 0 Å². The van der Waals surface area contributed by atoms with Crippen molar-refractivity contribution in [2.24, 2.45) is 0 Å². The third kappa shape index (κ3) is 3.59. The fraction of sp³-hybridized carbons (Fsp3) is 0.222. The molecule has 1 aromatic rings. The van der Waals surface area contributed by atoms with E-state index in [4.69, 9.17) is 10.2 Å². The Kier molecular flexibility index (Phi) is 4.39. The molecule has 0 aliphatic rings. The maximum absolute atomic E-state index is 11.5. The minimum absolute atomic E-state index is 0.333. The van der Waals surface area contributed by atoms with Gasteiger partial charge in [0, 0.05) is 11.8 Å². The van der Waals surface area contributed by atoms with Crippen molar-refractivity contribution in [2.75, 3.05) is 6.54 Å². The van der Waals surface area contributed by atoms with Crippen LogP contribution in [0.4, 0.5) is 0 Å². The first-order valence-corrected chi connectivity index (χ1v) is 5.10. The Morgan fingerprint density at radius 3 is 2.81 bits per heavy atom. The van der Waals surface area contributed by atoms with Crippen LogP contribution < -0.4 is 5.32 Å². The zero-order valence-corrected chi connectivity index (χ0v) is 9.64. The van der Waals surface area contributed by atoms with E-state index in [0.29, 0.717) is 10.2 Å². The maximum Gasteiger partial charge on any atom is 0.334 e. The van der Waals surface area contributed by atoms with Crippen LogP contribution in [0.15, 0.2) is 22.9 Å². The molecule has 1 atom stereocenters. The molecule has 1 amide bonds. The van der Waals surface area contributed by atoms with Gasteiger partial charge < -0.3 is 15.5 Å². The minimum Gasteiger partial charge on any atom is -0.479 e. The van der Waals surface area contributed by atoms with Gasteiger partial charge in [-0.15, -0.1) is 0 Å². The van der Waals surface area contributed by atoms with Crippen LogP contribution >= 0.6 is 15.9 Å². The van der Waals surface area contributed by atoms with Crippen molar-refractivity contribution >= 4 is 27.8 Å². The molecule has 0 aliphatic heterocycles. The highest BCUT2D eigenvalue weighted by Gasteiger charge is 2.14. The summed E-state index contributed by atoms with van der Waals surface area (Å²) in [4.78, 5) is 25.6. The van der Waals surface area contributed by atoms with E-state index in [0.717, 1.165) is 0 Å². The summed E-state index contributed by atoms with van der Waals surface area (Å²) in [5.41, 5.74) is 0.333. The summed E-state index contributed by atoms with van der Waals surface area (Å²) in [5, 5.41) is 19.6. The average molecular weight is 289 g/mol. The van der Waals surface area contributed by atoms with Gasteiger partial charge in [0.15, 0.2) is 6.10 Å². The number of amides is 1. The summed E-state index contributed by atoms with van der Waals surface area (Å²) in [6.45, 7) is -0.339. The number of halogens is 1. The Morgan fingerprint density at radius 1 is 1.56 bits per heavy atom. The van der Waals surface area contributed by atoms with Gasteiger partial charge in [-0.25, -0.2) is 9.78 Å². The predicted octanol–water partition coefficient (Wildman–Crippen LogP) is 0.0194. The largest absolute Gasteiger partial charge is 0.479 e. The van der Waals surface area contributed by atoms with Crippen molar-refractivity contribution in [3.63, 3.8) is 0 Å². The molecule has 86 valence electrons. The maximum atomic E-state index is 11.5. The zero-order valence-electron chi connectivity index (χ0n) is 8.05. The number of aliphatic hydroxyl groups excluding tert-OH is 1. The van der Waals surface area contributed by atoms with Gasteiger partial charge in [-0.3, -0.25) is 4.79 Å². The van der Waals surface area contributed by atoms with E-state index in [9.17, 15) is 9.59 Å². The van der Waals surface area contributed by atoms with Crippen molar-refractivity contribution in [1.82, 2.24) is 10.3 Å². The van der Waals surface area contributed by atoms with Gasteiger partial charge in [0.2, 0.25) is 0 Å². The molecule has 0 spiro atoms. The summed E-state index contributed by atoms with van der Waals surface area (Å²) >= 11 is 3.10. The van der Waals surface area contributed by atoms with Crippen molar-refractivity contribution in [1.29, 1.82) is 0 Å². The van der Waals surface area contributed by atoms with E-state index in [-0.39, 0.29) is 6.54 Å². The summed E-state index contributed by atoms with van der Waals surface area (Å²) in [6.07, 6.45) is -0.165. The number of hydrogen-bond acceptors (Lipinski definition) is 4. The monoisotopic (exact) mass is 288 g/mol. The molecule has 0 fully saturated rings. The highest BCUT2D eigenvalue weighted by Crippen LogP contribution is 2.07. The van der Waals surface area contributed by atoms with Gasteiger partial charge in [-0.05, 0) is 28.1 Å². The molecule has 6 nitrogen and oxygen atoms in total. The van der Waals surface area contributed by atoms with E-state index >= 15 is 0 Å². The standard InChI is InChI=1S/C9H9BrN2O4/c10-7-3-5(1-2-11-7)8(14)12-4-6(13)9(15)16/h1-3,6,13H,4H2,(H,12,14)(H,15,16). The topological polar surface area (TPSA) is 99.5 Å².